The number of aryl methyl sites for hydroxylation is 1. The van der Waals surface area contributed by atoms with Gasteiger partial charge in [0.2, 0.25) is 0 Å². The molecular formula is C22H21ClFN3O3. The smallest absolute Gasteiger partial charge is 0.325 e. The predicted molar refractivity (Wildman–Crippen MR) is 110 cm³/mol. The lowest BCUT2D eigenvalue weighted by Crippen LogP contribution is -2.59. The van der Waals surface area contributed by atoms with Gasteiger partial charge in [-0.3, -0.25) is 14.5 Å². The maximum absolute atomic E-state index is 13.9. The van der Waals surface area contributed by atoms with Crippen molar-refractivity contribution in [3.8, 4) is 0 Å². The molecule has 0 aliphatic carbocycles. The van der Waals surface area contributed by atoms with E-state index in [2.05, 4.69) is 5.32 Å². The van der Waals surface area contributed by atoms with Crippen molar-refractivity contribution in [2.75, 3.05) is 13.1 Å². The molecule has 6 nitrogen and oxygen atoms in total. The average Bonchev–Trinajstić information content (AvgIpc) is 2.93. The molecule has 1 atom stereocenters. The minimum atomic E-state index is -1.16. The van der Waals surface area contributed by atoms with Gasteiger partial charge in [-0.1, -0.05) is 29.8 Å². The van der Waals surface area contributed by atoms with Crippen LogP contribution in [0.5, 0.6) is 0 Å². The Labute approximate surface area is 178 Å². The molecule has 0 saturated carbocycles. The summed E-state index contributed by atoms with van der Waals surface area (Å²) in [5.41, 5.74) is 0.258. The van der Waals surface area contributed by atoms with Crippen LogP contribution in [-0.4, -0.2) is 46.3 Å². The number of halogens is 2. The summed E-state index contributed by atoms with van der Waals surface area (Å²) in [5, 5.41) is 3.32. The Morgan fingerprint density at radius 2 is 2.03 bits per heavy atom. The zero-order valence-electron chi connectivity index (χ0n) is 16.5. The molecule has 2 aliphatic rings. The van der Waals surface area contributed by atoms with Crippen LogP contribution in [0.2, 0.25) is 5.02 Å². The van der Waals surface area contributed by atoms with Gasteiger partial charge in [0.1, 0.15) is 11.4 Å². The summed E-state index contributed by atoms with van der Waals surface area (Å²) in [6.07, 6.45) is 0.993. The van der Waals surface area contributed by atoms with Gasteiger partial charge in [0.25, 0.3) is 11.8 Å². The van der Waals surface area contributed by atoms with Crippen LogP contribution in [-0.2, 0) is 11.3 Å². The van der Waals surface area contributed by atoms with Crippen molar-refractivity contribution in [2.45, 2.75) is 31.8 Å². The number of hydrogen-bond acceptors (Lipinski definition) is 3. The van der Waals surface area contributed by atoms with E-state index in [1.165, 1.54) is 11.0 Å². The molecule has 1 unspecified atom stereocenters. The lowest BCUT2D eigenvalue weighted by atomic mass is 9.88. The third-order valence-corrected chi connectivity index (χ3v) is 5.91. The van der Waals surface area contributed by atoms with E-state index in [0.29, 0.717) is 30.0 Å². The number of carbonyl (C=O) groups is 3. The molecule has 2 saturated heterocycles. The van der Waals surface area contributed by atoms with Gasteiger partial charge in [-0.05, 0) is 55.2 Å². The molecule has 1 spiro atoms. The standard InChI is InChI=1S/C22H21ClFN3O3/c1-14-6-7-16(11-18(14)24)19(28)26-9-3-8-22(13-26)20(29)27(21(30)25-22)12-15-4-2-5-17(23)10-15/h2,4-7,10-11H,3,8-9,12-13H2,1H3,(H,25,30). The van der Waals surface area contributed by atoms with E-state index < -0.39 is 17.4 Å². The summed E-state index contributed by atoms with van der Waals surface area (Å²) in [6.45, 7) is 2.22. The highest BCUT2D eigenvalue weighted by Crippen LogP contribution is 2.30. The summed E-state index contributed by atoms with van der Waals surface area (Å²) < 4.78 is 13.9. The van der Waals surface area contributed by atoms with E-state index in [-0.39, 0.29) is 30.5 Å². The quantitative estimate of drug-likeness (QED) is 0.759. The Balaban J connectivity index is 1.54. The molecule has 2 aromatic rings. The second kappa shape index (κ2) is 7.72. The lowest BCUT2D eigenvalue weighted by Gasteiger charge is -2.38. The Bertz CT molecular complexity index is 1040. The Hall–Kier alpha value is -2.93. The zero-order chi connectivity index (χ0) is 21.5. The Morgan fingerprint density at radius 1 is 1.23 bits per heavy atom. The van der Waals surface area contributed by atoms with Crippen LogP contribution >= 0.6 is 11.6 Å². The normalized spacial score (nSPS) is 21.3. The van der Waals surface area contributed by atoms with E-state index in [4.69, 9.17) is 11.6 Å². The second-order valence-corrected chi connectivity index (χ2v) is 8.26. The van der Waals surface area contributed by atoms with Crippen LogP contribution in [0.3, 0.4) is 0 Å². The number of piperidine rings is 1. The number of nitrogens with zero attached hydrogens (tertiary/aromatic N) is 2. The van der Waals surface area contributed by atoms with Gasteiger partial charge in [0, 0.05) is 17.1 Å². The van der Waals surface area contributed by atoms with Crippen molar-refractivity contribution in [1.29, 1.82) is 0 Å². The highest BCUT2D eigenvalue weighted by molar-refractivity contribution is 6.30. The number of hydrogen-bond donors (Lipinski definition) is 1. The summed E-state index contributed by atoms with van der Waals surface area (Å²) >= 11 is 6.00. The predicted octanol–water partition coefficient (Wildman–Crippen LogP) is 3.51. The number of carbonyl (C=O) groups excluding carboxylic acids is 3. The molecule has 8 heteroatoms. The van der Waals surface area contributed by atoms with E-state index in [1.54, 1.807) is 43.3 Å². The van der Waals surface area contributed by atoms with Crippen molar-refractivity contribution in [1.82, 2.24) is 15.1 Å². The van der Waals surface area contributed by atoms with Crippen LogP contribution < -0.4 is 5.32 Å². The molecule has 2 aromatic carbocycles. The third kappa shape index (κ3) is 3.65. The molecule has 1 N–H and O–H groups in total. The van der Waals surface area contributed by atoms with Gasteiger partial charge in [0.15, 0.2) is 0 Å². The van der Waals surface area contributed by atoms with Crippen LogP contribution in [0.1, 0.15) is 34.3 Å². The maximum Gasteiger partial charge on any atom is 0.325 e. The van der Waals surface area contributed by atoms with Crippen molar-refractivity contribution < 1.29 is 18.8 Å². The number of likely N-dealkylation sites (tertiary alicyclic amines) is 1. The van der Waals surface area contributed by atoms with E-state index in [1.807, 2.05) is 0 Å². The molecule has 2 aliphatic heterocycles. The van der Waals surface area contributed by atoms with Crippen LogP contribution in [0, 0.1) is 12.7 Å². The Kier molecular flexibility index (Phi) is 5.24. The maximum atomic E-state index is 13.9. The van der Waals surface area contributed by atoms with Crippen molar-refractivity contribution in [2.24, 2.45) is 0 Å². The molecule has 2 fully saturated rings. The molecule has 4 amide bonds. The summed E-state index contributed by atoms with van der Waals surface area (Å²) in [6, 6.07) is 10.8. The molecular weight excluding hydrogens is 409 g/mol. The van der Waals surface area contributed by atoms with Gasteiger partial charge >= 0.3 is 6.03 Å². The van der Waals surface area contributed by atoms with Crippen LogP contribution in [0.25, 0.3) is 0 Å². The topological polar surface area (TPSA) is 69.7 Å². The number of benzene rings is 2. The van der Waals surface area contributed by atoms with Crippen molar-refractivity contribution in [3.63, 3.8) is 0 Å². The first-order valence-electron chi connectivity index (χ1n) is 9.73. The number of rotatable bonds is 3. The summed E-state index contributed by atoms with van der Waals surface area (Å²) in [7, 11) is 0. The van der Waals surface area contributed by atoms with Crippen LogP contribution in [0.15, 0.2) is 42.5 Å². The first-order valence-corrected chi connectivity index (χ1v) is 10.1. The molecule has 4 rings (SSSR count). The fraction of sp³-hybridized carbons (Fsp3) is 0.318. The molecule has 30 heavy (non-hydrogen) atoms. The minimum absolute atomic E-state index is 0.0535. The molecule has 0 radical (unpaired) electrons. The fourth-order valence-electron chi connectivity index (χ4n) is 4.05. The third-order valence-electron chi connectivity index (χ3n) is 5.67. The van der Waals surface area contributed by atoms with Gasteiger partial charge in [0.05, 0.1) is 13.1 Å². The van der Waals surface area contributed by atoms with Gasteiger partial charge in [-0.2, -0.15) is 0 Å². The molecule has 0 aromatic heterocycles. The van der Waals surface area contributed by atoms with Gasteiger partial charge in [-0.25, -0.2) is 9.18 Å². The average molecular weight is 430 g/mol. The minimum Gasteiger partial charge on any atom is -0.336 e. The monoisotopic (exact) mass is 429 g/mol. The Morgan fingerprint density at radius 3 is 2.77 bits per heavy atom. The molecule has 0 bridgehead atoms. The second-order valence-electron chi connectivity index (χ2n) is 7.83. The molecule has 156 valence electrons. The SMILES string of the molecule is Cc1ccc(C(=O)N2CCCC3(C2)NC(=O)N(Cc2cccc(Cl)c2)C3=O)cc1F. The first kappa shape index (κ1) is 20.3. The van der Waals surface area contributed by atoms with E-state index in [9.17, 15) is 18.8 Å². The number of nitrogens with one attached hydrogen (secondary N) is 1. The van der Waals surface area contributed by atoms with Crippen LogP contribution in [0.4, 0.5) is 9.18 Å². The summed E-state index contributed by atoms with van der Waals surface area (Å²) in [4.78, 5) is 41.4. The van der Waals surface area contributed by atoms with Gasteiger partial charge < -0.3 is 10.2 Å². The number of imide groups is 1. The lowest BCUT2D eigenvalue weighted by molar-refractivity contribution is -0.133. The highest BCUT2D eigenvalue weighted by Gasteiger charge is 2.53. The summed E-state index contributed by atoms with van der Waals surface area (Å²) in [5.74, 6) is -1.17. The highest BCUT2D eigenvalue weighted by atomic mass is 35.5. The number of urea groups is 1. The zero-order valence-corrected chi connectivity index (χ0v) is 17.2. The molecule has 2 heterocycles. The van der Waals surface area contributed by atoms with E-state index >= 15 is 0 Å². The first-order chi connectivity index (χ1) is 14.3. The van der Waals surface area contributed by atoms with Gasteiger partial charge in [-0.15, -0.1) is 0 Å². The van der Waals surface area contributed by atoms with Crippen molar-refractivity contribution in [3.05, 3.63) is 70.0 Å². The van der Waals surface area contributed by atoms with E-state index in [0.717, 1.165) is 10.5 Å². The largest absolute Gasteiger partial charge is 0.336 e. The van der Waals surface area contributed by atoms with Crippen molar-refractivity contribution >= 4 is 29.4 Å². The fourth-order valence-corrected chi connectivity index (χ4v) is 4.26. The number of amides is 4.